The first-order chi connectivity index (χ1) is 18.0. The van der Waals surface area contributed by atoms with Crippen molar-refractivity contribution in [1.82, 2.24) is 0 Å². The van der Waals surface area contributed by atoms with Crippen molar-refractivity contribution in [1.29, 1.82) is 0 Å². The summed E-state index contributed by atoms with van der Waals surface area (Å²) in [5, 5.41) is 6.05. The molecule has 0 bridgehead atoms. The molecule has 0 fully saturated rings. The van der Waals surface area contributed by atoms with Crippen molar-refractivity contribution < 1.29 is 18.7 Å². The van der Waals surface area contributed by atoms with Gasteiger partial charge in [-0.25, -0.2) is 0 Å². The molecule has 0 aliphatic rings. The second-order valence-corrected chi connectivity index (χ2v) is 8.88. The van der Waals surface area contributed by atoms with Crippen molar-refractivity contribution in [3.63, 3.8) is 0 Å². The van der Waals surface area contributed by atoms with Gasteiger partial charge in [0.15, 0.2) is 0 Å². The average Bonchev–Trinajstić information content (AvgIpc) is 3.34. The lowest BCUT2D eigenvalue weighted by Gasteiger charge is -2.15. The summed E-state index contributed by atoms with van der Waals surface area (Å²) in [6, 6.07) is 23.8. The number of anilines is 1. The largest absolute Gasteiger partial charge is 0.496 e. The van der Waals surface area contributed by atoms with Crippen LogP contribution in [-0.4, -0.2) is 19.6 Å². The molecule has 0 aliphatic carbocycles. The Bertz CT molecular complexity index is 1640. The molecule has 0 saturated carbocycles. The summed E-state index contributed by atoms with van der Waals surface area (Å²) in [5.41, 5.74) is 5.91. The Balaban J connectivity index is 1.58. The van der Waals surface area contributed by atoms with Gasteiger partial charge in [-0.3, -0.25) is 4.79 Å². The third-order valence-electron chi connectivity index (χ3n) is 6.55. The van der Waals surface area contributed by atoms with Crippen LogP contribution < -0.4 is 14.8 Å². The highest BCUT2D eigenvalue weighted by atomic mass is 16.5. The van der Waals surface area contributed by atoms with Gasteiger partial charge in [-0.05, 0) is 49.9 Å². The van der Waals surface area contributed by atoms with E-state index in [9.17, 15) is 4.79 Å². The van der Waals surface area contributed by atoms with Gasteiger partial charge in [-0.2, -0.15) is 0 Å². The van der Waals surface area contributed by atoms with E-state index in [1.54, 1.807) is 19.4 Å². The number of benzene rings is 4. The molecule has 1 N–H and O–H groups in total. The number of rotatable bonds is 7. The number of aryl methyl sites for hydroxylation is 1. The number of carbonyl (C=O) groups is 1. The Hall–Kier alpha value is -4.51. The summed E-state index contributed by atoms with van der Waals surface area (Å²) in [4.78, 5) is 13.1. The minimum absolute atomic E-state index is 0.203. The molecule has 4 aromatic carbocycles. The topological polar surface area (TPSA) is 60.7 Å². The van der Waals surface area contributed by atoms with Crippen LogP contribution in [0.5, 0.6) is 11.5 Å². The number of hydrogen-bond acceptors (Lipinski definition) is 4. The smallest absolute Gasteiger partial charge is 0.248 e. The summed E-state index contributed by atoms with van der Waals surface area (Å²) in [6.07, 6.45) is 3.37. The summed E-state index contributed by atoms with van der Waals surface area (Å²) in [6.45, 7) is 6.35. The third kappa shape index (κ3) is 4.56. The summed E-state index contributed by atoms with van der Waals surface area (Å²) in [5.74, 6) is 1.27. The highest BCUT2D eigenvalue weighted by Crippen LogP contribution is 2.42. The maximum Gasteiger partial charge on any atom is 0.248 e. The molecule has 1 amide bonds. The third-order valence-corrected chi connectivity index (χ3v) is 6.55. The maximum atomic E-state index is 13.1. The van der Waals surface area contributed by atoms with Gasteiger partial charge in [0, 0.05) is 44.8 Å². The van der Waals surface area contributed by atoms with Crippen LogP contribution in [0, 0.1) is 6.92 Å². The quantitative estimate of drug-likeness (QED) is 0.234. The van der Waals surface area contributed by atoms with Crippen molar-refractivity contribution in [3.05, 3.63) is 96.3 Å². The average molecular weight is 492 g/mol. The predicted molar refractivity (Wildman–Crippen MR) is 150 cm³/mol. The maximum absolute atomic E-state index is 13.1. The lowest BCUT2D eigenvalue weighted by molar-refractivity contribution is -0.111. The molecule has 1 heterocycles. The molecule has 0 radical (unpaired) electrons. The number of para-hydroxylation sites is 1. The molecule has 5 aromatic rings. The lowest BCUT2D eigenvalue weighted by Crippen LogP contribution is -2.09. The van der Waals surface area contributed by atoms with E-state index >= 15 is 0 Å². The predicted octanol–water partition coefficient (Wildman–Crippen LogP) is 8.01. The zero-order valence-electron chi connectivity index (χ0n) is 21.4. The number of fused-ring (bicyclic) bond motifs is 2. The Morgan fingerprint density at radius 2 is 1.73 bits per heavy atom. The second-order valence-electron chi connectivity index (χ2n) is 8.88. The molecular weight excluding hydrogens is 462 g/mol. The van der Waals surface area contributed by atoms with Gasteiger partial charge in [-0.15, -0.1) is 0 Å². The van der Waals surface area contributed by atoms with Gasteiger partial charge in [0.05, 0.1) is 20.0 Å². The van der Waals surface area contributed by atoms with E-state index in [4.69, 9.17) is 13.9 Å². The van der Waals surface area contributed by atoms with Crippen molar-refractivity contribution in [2.45, 2.75) is 20.8 Å². The minimum Gasteiger partial charge on any atom is -0.496 e. The number of allylic oxidation sites excluding steroid dienone is 1. The second kappa shape index (κ2) is 10.2. The molecular formula is C32H29NO4. The number of methoxy groups -OCH3 is 1. The van der Waals surface area contributed by atoms with Crippen molar-refractivity contribution in [2.24, 2.45) is 0 Å². The van der Waals surface area contributed by atoms with Gasteiger partial charge < -0.3 is 19.2 Å². The summed E-state index contributed by atoms with van der Waals surface area (Å²) in [7, 11) is 1.66. The fourth-order valence-electron chi connectivity index (χ4n) is 4.79. The first kappa shape index (κ1) is 24.2. The zero-order chi connectivity index (χ0) is 25.9. The SMILES string of the molecule is CCOc1c(/C(C)=C/C(=O)Nc2cccc3ccccc23)cc2c(-c3ccccc3OC)coc2c1C. The molecule has 0 atom stereocenters. The van der Waals surface area contributed by atoms with Gasteiger partial charge >= 0.3 is 0 Å². The Labute approximate surface area is 216 Å². The molecule has 5 nitrogen and oxygen atoms in total. The number of furan rings is 1. The van der Waals surface area contributed by atoms with Crippen LogP contribution >= 0.6 is 0 Å². The fourth-order valence-corrected chi connectivity index (χ4v) is 4.79. The molecule has 186 valence electrons. The summed E-state index contributed by atoms with van der Waals surface area (Å²) < 4.78 is 17.7. The zero-order valence-corrected chi connectivity index (χ0v) is 21.4. The molecule has 37 heavy (non-hydrogen) atoms. The van der Waals surface area contributed by atoms with Crippen LogP contribution in [0.1, 0.15) is 25.0 Å². The Morgan fingerprint density at radius 3 is 2.54 bits per heavy atom. The number of hydrogen-bond donors (Lipinski definition) is 1. The van der Waals surface area contributed by atoms with Crippen LogP contribution in [0.4, 0.5) is 5.69 Å². The molecule has 0 saturated heterocycles. The summed E-state index contributed by atoms with van der Waals surface area (Å²) >= 11 is 0. The standard InChI is InChI=1S/C32H29NO4/c1-5-36-31-21(3)32-26(27(19-37-32)24-14-8-9-16-29(24)35-4)18-25(31)20(2)17-30(34)33-28-15-10-12-22-11-6-7-13-23(22)28/h6-19H,5H2,1-4H3,(H,33,34)/b20-17+. The highest BCUT2D eigenvalue weighted by molar-refractivity contribution is 6.09. The monoisotopic (exact) mass is 491 g/mol. The number of amides is 1. The van der Waals surface area contributed by atoms with E-state index in [1.165, 1.54) is 0 Å². The molecule has 0 spiro atoms. The highest BCUT2D eigenvalue weighted by Gasteiger charge is 2.20. The molecule has 5 heteroatoms. The first-order valence-electron chi connectivity index (χ1n) is 12.3. The number of carbonyl (C=O) groups excluding carboxylic acids is 1. The van der Waals surface area contributed by atoms with E-state index in [-0.39, 0.29) is 5.91 Å². The van der Waals surface area contributed by atoms with Crippen LogP contribution in [0.15, 0.2) is 89.6 Å². The Kier molecular flexibility index (Phi) is 6.69. The number of ether oxygens (including phenoxy) is 2. The van der Waals surface area contributed by atoms with Gasteiger partial charge in [0.2, 0.25) is 5.91 Å². The first-order valence-corrected chi connectivity index (χ1v) is 12.3. The van der Waals surface area contributed by atoms with E-state index in [1.807, 2.05) is 93.6 Å². The lowest BCUT2D eigenvalue weighted by atomic mass is 9.96. The van der Waals surface area contributed by atoms with Gasteiger partial charge in [-0.1, -0.05) is 54.6 Å². The van der Waals surface area contributed by atoms with E-state index in [2.05, 4.69) is 5.32 Å². The van der Waals surface area contributed by atoms with Crippen LogP contribution in [0.2, 0.25) is 0 Å². The van der Waals surface area contributed by atoms with Crippen LogP contribution in [0.3, 0.4) is 0 Å². The van der Waals surface area contributed by atoms with Crippen molar-refractivity contribution in [3.8, 4) is 22.6 Å². The van der Waals surface area contributed by atoms with E-state index < -0.39 is 0 Å². The van der Waals surface area contributed by atoms with Gasteiger partial charge in [0.25, 0.3) is 0 Å². The normalized spacial score (nSPS) is 11.6. The molecule has 1 aromatic heterocycles. The molecule has 0 aliphatic heterocycles. The van der Waals surface area contributed by atoms with E-state index in [0.29, 0.717) is 12.4 Å². The molecule has 0 unspecified atom stereocenters. The van der Waals surface area contributed by atoms with Gasteiger partial charge in [0.1, 0.15) is 17.1 Å². The Morgan fingerprint density at radius 1 is 0.973 bits per heavy atom. The van der Waals surface area contributed by atoms with Crippen molar-refractivity contribution in [2.75, 3.05) is 19.0 Å². The van der Waals surface area contributed by atoms with Crippen molar-refractivity contribution >= 4 is 38.9 Å². The van der Waals surface area contributed by atoms with E-state index in [0.717, 1.165) is 61.0 Å². The number of nitrogens with one attached hydrogen (secondary N) is 1. The minimum atomic E-state index is -0.203. The fraction of sp³-hybridized carbons (Fsp3) is 0.156. The molecule has 5 rings (SSSR count). The van der Waals surface area contributed by atoms with Crippen LogP contribution in [0.25, 0.3) is 38.4 Å². The van der Waals surface area contributed by atoms with Crippen LogP contribution in [-0.2, 0) is 4.79 Å².